The molecule has 1 unspecified atom stereocenters. The number of hydrogen-bond acceptors (Lipinski definition) is 3. The van der Waals surface area contributed by atoms with Crippen molar-refractivity contribution in [3.63, 3.8) is 0 Å². The second-order valence-corrected chi connectivity index (χ2v) is 6.48. The van der Waals surface area contributed by atoms with Gasteiger partial charge in [-0.2, -0.15) is 0 Å². The van der Waals surface area contributed by atoms with Crippen molar-refractivity contribution in [1.82, 2.24) is 4.90 Å². The van der Waals surface area contributed by atoms with Crippen molar-refractivity contribution < 1.29 is 0 Å². The number of benzene rings is 1. The van der Waals surface area contributed by atoms with Crippen molar-refractivity contribution in [3.05, 3.63) is 28.2 Å². The predicted octanol–water partition coefficient (Wildman–Crippen LogP) is 2.58. The molecule has 2 saturated heterocycles. The molecule has 0 aromatic heterocycles. The minimum Gasteiger partial charge on any atom is -0.369 e. The van der Waals surface area contributed by atoms with Gasteiger partial charge in [0.25, 0.3) is 0 Å². The molecule has 104 valence electrons. The minimum atomic E-state index is 0.606. The van der Waals surface area contributed by atoms with Crippen LogP contribution < -0.4 is 10.6 Å². The van der Waals surface area contributed by atoms with Gasteiger partial charge in [-0.15, -0.1) is 0 Å². The van der Waals surface area contributed by atoms with E-state index >= 15 is 0 Å². The van der Waals surface area contributed by atoms with Crippen LogP contribution in [0.15, 0.2) is 22.7 Å². The van der Waals surface area contributed by atoms with Crippen LogP contribution in [0.5, 0.6) is 0 Å². The van der Waals surface area contributed by atoms with E-state index in [9.17, 15) is 0 Å². The molecular weight excluding hydrogens is 302 g/mol. The Morgan fingerprint density at radius 1 is 1.21 bits per heavy atom. The van der Waals surface area contributed by atoms with E-state index < -0.39 is 0 Å². The molecule has 1 aromatic carbocycles. The molecule has 0 bridgehead atoms. The highest BCUT2D eigenvalue weighted by Crippen LogP contribution is 2.31. The summed E-state index contributed by atoms with van der Waals surface area (Å²) in [6.45, 7) is 5.49. The van der Waals surface area contributed by atoms with Crippen LogP contribution in [0.4, 0.5) is 5.69 Å². The molecule has 2 fully saturated rings. The van der Waals surface area contributed by atoms with Crippen molar-refractivity contribution in [3.8, 4) is 0 Å². The van der Waals surface area contributed by atoms with Crippen LogP contribution in [-0.2, 0) is 6.54 Å². The van der Waals surface area contributed by atoms with Crippen LogP contribution in [0.1, 0.15) is 24.8 Å². The standard InChI is InChI=1S/C15H22BrN3/c16-14-9-12(10-17)4-5-15(14)19-8-2-7-18-6-1-3-13(18)11-19/h4-5,9,13H,1-3,6-8,10-11,17H2. The Hall–Kier alpha value is -0.580. The molecule has 3 nitrogen and oxygen atoms in total. The summed E-state index contributed by atoms with van der Waals surface area (Å²) in [7, 11) is 0. The van der Waals surface area contributed by atoms with E-state index in [1.807, 2.05) is 0 Å². The van der Waals surface area contributed by atoms with E-state index in [1.54, 1.807) is 0 Å². The first-order valence-corrected chi connectivity index (χ1v) is 8.05. The van der Waals surface area contributed by atoms with E-state index in [2.05, 4.69) is 43.9 Å². The van der Waals surface area contributed by atoms with E-state index in [0.29, 0.717) is 6.54 Å². The highest BCUT2D eigenvalue weighted by Gasteiger charge is 2.29. The topological polar surface area (TPSA) is 32.5 Å². The Morgan fingerprint density at radius 3 is 2.84 bits per heavy atom. The van der Waals surface area contributed by atoms with Gasteiger partial charge in [0.15, 0.2) is 0 Å². The molecule has 3 rings (SSSR count). The van der Waals surface area contributed by atoms with Gasteiger partial charge in [0.05, 0.1) is 5.69 Å². The fourth-order valence-electron chi connectivity index (χ4n) is 3.36. The van der Waals surface area contributed by atoms with Gasteiger partial charge in [0.2, 0.25) is 0 Å². The van der Waals surface area contributed by atoms with Crippen molar-refractivity contribution >= 4 is 21.6 Å². The third-order valence-corrected chi connectivity index (χ3v) is 5.03. The number of halogens is 1. The van der Waals surface area contributed by atoms with E-state index in [0.717, 1.165) is 12.6 Å². The van der Waals surface area contributed by atoms with Gasteiger partial charge >= 0.3 is 0 Å². The molecule has 0 amide bonds. The zero-order chi connectivity index (χ0) is 13.2. The molecule has 0 saturated carbocycles. The summed E-state index contributed by atoms with van der Waals surface area (Å²) < 4.78 is 1.18. The Balaban J connectivity index is 1.80. The number of nitrogens with zero attached hydrogens (tertiary/aromatic N) is 2. The van der Waals surface area contributed by atoms with Gasteiger partial charge in [0, 0.05) is 36.7 Å². The quantitative estimate of drug-likeness (QED) is 0.908. The highest BCUT2D eigenvalue weighted by atomic mass is 79.9. The molecule has 4 heteroatoms. The zero-order valence-electron chi connectivity index (χ0n) is 11.3. The fraction of sp³-hybridized carbons (Fsp3) is 0.600. The first-order chi connectivity index (χ1) is 9.28. The molecule has 1 atom stereocenters. The molecule has 0 aliphatic carbocycles. The summed E-state index contributed by atoms with van der Waals surface area (Å²) in [6, 6.07) is 7.28. The van der Waals surface area contributed by atoms with Gasteiger partial charge < -0.3 is 10.6 Å². The average Bonchev–Trinajstić information content (AvgIpc) is 2.76. The van der Waals surface area contributed by atoms with Crippen LogP contribution >= 0.6 is 15.9 Å². The number of anilines is 1. The van der Waals surface area contributed by atoms with Crippen LogP contribution in [0, 0.1) is 0 Å². The average molecular weight is 324 g/mol. The summed E-state index contributed by atoms with van der Waals surface area (Å²) >= 11 is 3.71. The molecule has 2 heterocycles. The van der Waals surface area contributed by atoms with Gasteiger partial charge in [-0.1, -0.05) is 6.07 Å². The largest absolute Gasteiger partial charge is 0.369 e. The fourth-order valence-corrected chi connectivity index (χ4v) is 4.04. The van der Waals surface area contributed by atoms with Crippen LogP contribution in [0.3, 0.4) is 0 Å². The van der Waals surface area contributed by atoms with E-state index in [1.165, 1.54) is 54.6 Å². The molecule has 1 aromatic rings. The van der Waals surface area contributed by atoms with Crippen molar-refractivity contribution in [2.24, 2.45) is 5.73 Å². The highest BCUT2D eigenvalue weighted by molar-refractivity contribution is 9.10. The Bertz CT molecular complexity index is 449. The number of fused-ring (bicyclic) bond motifs is 1. The van der Waals surface area contributed by atoms with Gasteiger partial charge in [-0.25, -0.2) is 0 Å². The van der Waals surface area contributed by atoms with Gasteiger partial charge in [-0.3, -0.25) is 4.90 Å². The van der Waals surface area contributed by atoms with Crippen molar-refractivity contribution in [1.29, 1.82) is 0 Å². The summed E-state index contributed by atoms with van der Waals surface area (Å²) in [6.07, 6.45) is 3.99. The zero-order valence-corrected chi connectivity index (χ0v) is 12.9. The van der Waals surface area contributed by atoms with Crippen LogP contribution in [0.25, 0.3) is 0 Å². The Labute approximate surface area is 123 Å². The second-order valence-electron chi connectivity index (χ2n) is 5.62. The summed E-state index contributed by atoms with van der Waals surface area (Å²) in [5.41, 5.74) is 8.21. The lowest BCUT2D eigenvalue weighted by molar-refractivity contribution is 0.273. The third-order valence-electron chi connectivity index (χ3n) is 4.39. The lowest BCUT2D eigenvalue weighted by atomic mass is 10.1. The van der Waals surface area contributed by atoms with Crippen LogP contribution in [-0.4, -0.2) is 37.1 Å². The third kappa shape index (κ3) is 2.81. The minimum absolute atomic E-state index is 0.606. The molecule has 0 spiro atoms. The lowest BCUT2D eigenvalue weighted by Gasteiger charge is -2.28. The number of nitrogens with two attached hydrogens (primary N) is 1. The Morgan fingerprint density at radius 2 is 2.05 bits per heavy atom. The maximum atomic E-state index is 5.70. The normalized spacial score (nSPS) is 24.3. The molecule has 0 radical (unpaired) electrons. The molecule has 2 aliphatic rings. The molecular formula is C15H22BrN3. The summed E-state index contributed by atoms with van der Waals surface area (Å²) in [5.74, 6) is 0. The van der Waals surface area contributed by atoms with Crippen molar-refractivity contribution in [2.45, 2.75) is 31.8 Å². The van der Waals surface area contributed by atoms with Gasteiger partial charge in [-0.05, 0) is 59.4 Å². The smallest absolute Gasteiger partial charge is 0.0511 e. The number of rotatable bonds is 2. The van der Waals surface area contributed by atoms with Crippen molar-refractivity contribution in [2.75, 3.05) is 31.1 Å². The molecule has 19 heavy (non-hydrogen) atoms. The SMILES string of the molecule is NCc1ccc(N2CCCN3CCCC3C2)c(Br)c1. The van der Waals surface area contributed by atoms with Crippen LogP contribution in [0.2, 0.25) is 0 Å². The monoisotopic (exact) mass is 323 g/mol. The number of hydrogen-bond donors (Lipinski definition) is 1. The lowest BCUT2D eigenvalue weighted by Crippen LogP contribution is -2.36. The first kappa shape index (κ1) is 13.4. The Kier molecular flexibility index (Phi) is 4.10. The summed E-state index contributed by atoms with van der Waals surface area (Å²) in [5, 5.41) is 0. The van der Waals surface area contributed by atoms with E-state index in [-0.39, 0.29) is 0 Å². The summed E-state index contributed by atoms with van der Waals surface area (Å²) in [4.78, 5) is 5.21. The van der Waals surface area contributed by atoms with Gasteiger partial charge in [0.1, 0.15) is 0 Å². The first-order valence-electron chi connectivity index (χ1n) is 7.25. The predicted molar refractivity (Wildman–Crippen MR) is 83.5 cm³/mol. The van der Waals surface area contributed by atoms with E-state index in [4.69, 9.17) is 5.73 Å². The molecule has 2 N–H and O–H groups in total. The maximum Gasteiger partial charge on any atom is 0.0511 e. The second kappa shape index (κ2) is 5.81. The maximum absolute atomic E-state index is 5.70. The molecule has 2 aliphatic heterocycles.